The molecule has 2 N–H and O–H groups in total. The Hall–Kier alpha value is -2.03. The lowest BCUT2D eigenvalue weighted by Gasteiger charge is -1.97. The van der Waals surface area contributed by atoms with Crippen LogP contribution in [0.1, 0.15) is 16.0 Å². The number of benzene rings is 1. The van der Waals surface area contributed by atoms with Crippen molar-refractivity contribution in [2.24, 2.45) is 5.73 Å². The lowest BCUT2D eigenvalue weighted by atomic mass is 10.1. The molecule has 0 saturated carbocycles. The summed E-state index contributed by atoms with van der Waals surface area (Å²) >= 11 is 1.45. The molecule has 1 aromatic carbocycles. The number of aromatic nitrogens is 2. The molecule has 0 aliphatic heterocycles. The highest BCUT2D eigenvalue weighted by molar-refractivity contribution is 7.89. The van der Waals surface area contributed by atoms with Gasteiger partial charge in [-0.1, -0.05) is 29.4 Å². The van der Waals surface area contributed by atoms with Gasteiger partial charge in [-0.25, -0.2) is 8.42 Å². The highest BCUT2D eigenvalue weighted by Crippen LogP contribution is 2.32. The van der Waals surface area contributed by atoms with E-state index in [9.17, 15) is 8.42 Å². The second-order valence-corrected chi connectivity index (χ2v) is 8.98. The zero-order valence-electron chi connectivity index (χ0n) is 13.3. The largest absolute Gasteiger partial charge is 0.333 e. The standard InChI is InChI=1S/C16H17N3O3S2/c1-10-13(9-24(2,20)21)7-14(23-10)16-18-15(19-22-16)12-5-3-11(8-17)4-6-12/h3-7H,8-9,17H2,1-2H3. The number of hydrogen-bond donors (Lipinski definition) is 1. The van der Waals surface area contributed by atoms with Crippen LogP contribution in [0.4, 0.5) is 0 Å². The van der Waals surface area contributed by atoms with Crippen molar-refractivity contribution in [3.05, 3.63) is 46.3 Å². The van der Waals surface area contributed by atoms with Crippen molar-refractivity contribution in [2.45, 2.75) is 19.2 Å². The van der Waals surface area contributed by atoms with Crippen LogP contribution in [0.5, 0.6) is 0 Å². The highest BCUT2D eigenvalue weighted by atomic mass is 32.2. The number of nitrogens with two attached hydrogens (primary N) is 1. The molecule has 126 valence electrons. The number of sulfone groups is 1. The smallest absolute Gasteiger partial charge is 0.268 e. The summed E-state index contributed by atoms with van der Waals surface area (Å²) in [5, 5.41) is 4.00. The SMILES string of the molecule is Cc1sc(-c2nc(-c3ccc(CN)cc3)no2)cc1CS(C)(=O)=O. The molecule has 0 bridgehead atoms. The predicted octanol–water partition coefficient (Wildman–Crippen LogP) is 2.78. The van der Waals surface area contributed by atoms with E-state index in [0.29, 0.717) is 18.3 Å². The van der Waals surface area contributed by atoms with E-state index in [4.69, 9.17) is 10.3 Å². The topological polar surface area (TPSA) is 99.1 Å². The van der Waals surface area contributed by atoms with Crippen LogP contribution in [0, 0.1) is 6.92 Å². The first-order chi connectivity index (χ1) is 11.4. The second kappa shape index (κ2) is 6.46. The van der Waals surface area contributed by atoms with E-state index in [0.717, 1.165) is 26.4 Å². The summed E-state index contributed by atoms with van der Waals surface area (Å²) < 4.78 is 28.3. The van der Waals surface area contributed by atoms with E-state index in [-0.39, 0.29) is 5.75 Å². The van der Waals surface area contributed by atoms with E-state index < -0.39 is 9.84 Å². The fraction of sp³-hybridized carbons (Fsp3) is 0.250. The van der Waals surface area contributed by atoms with Gasteiger partial charge in [-0.3, -0.25) is 0 Å². The number of aryl methyl sites for hydroxylation is 1. The first-order valence-corrected chi connectivity index (χ1v) is 10.1. The molecule has 0 unspecified atom stereocenters. The minimum absolute atomic E-state index is 0.0108. The monoisotopic (exact) mass is 363 g/mol. The Morgan fingerprint density at radius 3 is 2.58 bits per heavy atom. The lowest BCUT2D eigenvalue weighted by Crippen LogP contribution is -2.00. The van der Waals surface area contributed by atoms with Crippen molar-refractivity contribution < 1.29 is 12.9 Å². The Labute approximate surface area is 144 Å². The molecule has 6 nitrogen and oxygen atoms in total. The Balaban J connectivity index is 1.89. The first-order valence-electron chi connectivity index (χ1n) is 7.26. The number of rotatable bonds is 5. The molecule has 3 rings (SSSR count). The van der Waals surface area contributed by atoms with Gasteiger partial charge in [-0.2, -0.15) is 4.98 Å². The van der Waals surface area contributed by atoms with Crippen LogP contribution in [0.3, 0.4) is 0 Å². The molecule has 2 heterocycles. The maximum absolute atomic E-state index is 11.5. The van der Waals surface area contributed by atoms with Crippen molar-refractivity contribution in [1.29, 1.82) is 0 Å². The minimum atomic E-state index is -3.08. The summed E-state index contributed by atoms with van der Waals surface area (Å²) in [4.78, 5) is 6.11. The molecule has 0 fully saturated rings. The summed E-state index contributed by atoms with van der Waals surface area (Å²) in [6, 6.07) is 9.43. The van der Waals surface area contributed by atoms with Gasteiger partial charge >= 0.3 is 0 Å². The van der Waals surface area contributed by atoms with E-state index in [1.165, 1.54) is 17.6 Å². The summed E-state index contributed by atoms with van der Waals surface area (Å²) in [7, 11) is -3.08. The Kier molecular flexibility index (Phi) is 4.53. The van der Waals surface area contributed by atoms with Gasteiger partial charge in [0.1, 0.15) is 0 Å². The zero-order chi connectivity index (χ0) is 17.3. The molecule has 0 radical (unpaired) electrons. The van der Waals surface area contributed by atoms with Gasteiger partial charge in [0, 0.05) is 23.2 Å². The molecule has 24 heavy (non-hydrogen) atoms. The van der Waals surface area contributed by atoms with Crippen LogP contribution in [0.25, 0.3) is 22.2 Å². The van der Waals surface area contributed by atoms with Crippen LogP contribution in [0.2, 0.25) is 0 Å². The Morgan fingerprint density at radius 1 is 1.25 bits per heavy atom. The molecule has 0 atom stereocenters. The Bertz CT molecular complexity index is 957. The average molecular weight is 363 g/mol. The van der Waals surface area contributed by atoms with Gasteiger partial charge < -0.3 is 10.3 Å². The van der Waals surface area contributed by atoms with Gasteiger partial charge in [0.25, 0.3) is 5.89 Å². The molecular weight excluding hydrogens is 346 g/mol. The van der Waals surface area contributed by atoms with Crippen molar-refractivity contribution in [1.82, 2.24) is 10.1 Å². The quantitative estimate of drug-likeness (QED) is 0.748. The molecule has 8 heteroatoms. The average Bonchev–Trinajstić information content (AvgIpc) is 3.14. The number of hydrogen-bond acceptors (Lipinski definition) is 7. The fourth-order valence-electron chi connectivity index (χ4n) is 2.28. The van der Waals surface area contributed by atoms with Crippen LogP contribution in [0.15, 0.2) is 34.9 Å². The second-order valence-electron chi connectivity index (χ2n) is 5.59. The van der Waals surface area contributed by atoms with E-state index >= 15 is 0 Å². The molecule has 2 aromatic heterocycles. The summed E-state index contributed by atoms with van der Waals surface area (Å²) in [5.74, 6) is 0.890. The van der Waals surface area contributed by atoms with E-state index in [1.807, 2.05) is 31.2 Å². The van der Waals surface area contributed by atoms with Crippen LogP contribution < -0.4 is 5.73 Å². The normalized spacial score (nSPS) is 11.8. The third-order valence-electron chi connectivity index (χ3n) is 3.52. The van der Waals surface area contributed by atoms with E-state index in [1.54, 1.807) is 6.07 Å². The fourth-order valence-corrected chi connectivity index (χ4v) is 4.20. The first kappa shape index (κ1) is 16.8. The molecule has 0 spiro atoms. The lowest BCUT2D eigenvalue weighted by molar-refractivity contribution is 0.433. The third-order valence-corrected chi connectivity index (χ3v) is 5.44. The van der Waals surface area contributed by atoms with Gasteiger partial charge in [0.2, 0.25) is 5.82 Å². The van der Waals surface area contributed by atoms with E-state index in [2.05, 4.69) is 10.1 Å². The third kappa shape index (κ3) is 3.72. The molecule has 0 amide bonds. The summed E-state index contributed by atoms with van der Waals surface area (Å²) in [6.45, 7) is 2.37. The summed E-state index contributed by atoms with van der Waals surface area (Å²) in [5.41, 5.74) is 8.22. The number of thiophene rings is 1. The minimum Gasteiger partial charge on any atom is -0.333 e. The van der Waals surface area contributed by atoms with Gasteiger partial charge in [0.05, 0.1) is 10.6 Å². The predicted molar refractivity (Wildman–Crippen MR) is 94.2 cm³/mol. The molecule has 0 aliphatic rings. The molecular formula is C16H17N3O3S2. The number of nitrogens with zero attached hydrogens (tertiary/aromatic N) is 2. The van der Waals surface area contributed by atoms with Gasteiger partial charge in [-0.05, 0) is 24.1 Å². The van der Waals surface area contributed by atoms with Gasteiger partial charge in [-0.15, -0.1) is 11.3 Å². The van der Waals surface area contributed by atoms with Crippen LogP contribution >= 0.6 is 11.3 Å². The van der Waals surface area contributed by atoms with Crippen LogP contribution in [-0.4, -0.2) is 24.8 Å². The van der Waals surface area contributed by atoms with Crippen molar-refractivity contribution >= 4 is 21.2 Å². The van der Waals surface area contributed by atoms with Gasteiger partial charge in [0.15, 0.2) is 9.84 Å². The van der Waals surface area contributed by atoms with Crippen molar-refractivity contribution in [2.75, 3.05) is 6.26 Å². The zero-order valence-corrected chi connectivity index (χ0v) is 14.9. The molecule has 3 aromatic rings. The molecule has 0 aliphatic carbocycles. The summed E-state index contributed by atoms with van der Waals surface area (Å²) in [6.07, 6.45) is 1.22. The molecule has 0 saturated heterocycles. The maximum Gasteiger partial charge on any atom is 0.268 e. The van der Waals surface area contributed by atoms with Crippen LogP contribution in [-0.2, 0) is 22.1 Å². The maximum atomic E-state index is 11.5. The van der Waals surface area contributed by atoms with Crippen molar-refractivity contribution in [3.8, 4) is 22.2 Å². The van der Waals surface area contributed by atoms with Crippen molar-refractivity contribution in [3.63, 3.8) is 0 Å². The Morgan fingerprint density at radius 2 is 1.96 bits per heavy atom. The highest BCUT2D eigenvalue weighted by Gasteiger charge is 2.17.